The molecule has 1 aliphatic heterocycles. The Morgan fingerprint density at radius 2 is 1.94 bits per heavy atom. The fraction of sp³-hybridized carbons (Fsp3) is 0.250. The third-order valence-corrected chi connectivity index (χ3v) is 4.65. The molecule has 0 amide bonds. The van der Waals surface area contributed by atoms with Crippen molar-refractivity contribution in [2.75, 3.05) is 11.9 Å². The van der Waals surface area contributed by atoms with Crippen LogP contribution in [0.1, 0.15) is 5.56 Å². The summed E-state index contributed by atoms with van der Waals surface area (Å²) in [5.41, 5.74) is 0.826. The second-order valence-electron chi connectivity index (χ2n) is 3.53. The lowest BCUT2D eigenvalue weighted by Crippen LogP contribution is -2.30. The predicted octanol–water partition coefficient (Wildman–Crippen LogP) is 1.89. The lowest BCUT2D eigenvalue weighted by atomic mass is 10.1. The molecule has 1 aromatic rings. The molecule has 2 rings (SSSR count). The van der Waals surface area contributed by atoms with Crippen LogP contribution in [-0.4, -0.2) is 21.4 Å². The zero-order valence-corrected chi connectivity index (χ0v) is 12.3. The van der Waals surface area contributed by atoms with E-state index < -0.39 is 13.6 Å². The lowest BCUT2D eigenvalue weighted by Gasteiger charge is -2.23. The van der Waals surface area contributed by atoms with Gasteiger partial charge in [-0.2, -0.15) is 0 Å². The first-order valence-corrected chi connectivity index (χ1v) is 7.55. The van der Waals surface area contributed by atoms with E-state index in [0.717, 1.165) is 4.47 Å². The van der Waals surface area contributed by atoms with Crippen molar-refractivity contribution in [2.45, 2.75) is 5.79 Å². The monoisotopic (exact) mass is 387 g/mol. The summed E-state index contributed by atoms with van der Waals surface area (Å²) in [6.07, 6.45) is 0. The first kappa shape index (κ1) is 13.5. The topological polar surface area (TPSA) is 99.0 Å². The van der Waals surface area contributed by atoms with Crippen LogP contribution in [0.25, 0.3) is 0 Å². The molecule has 0 saturated heterocycles. The van der Waals surface area contributed by atoms with Crippen molar-refractivity contribution < 1.29 is 24.0 Å². The molecule has 1 unspecified atom stereocenters. The summed E-state index contributed by atoms with van der Waals surface area (Å²) in [6.45, 7) is -0.129. The smallest absolute Gasteiger partial charge is 0.379 e. The van der Waals surface area contributed by atoms with Crippen LogP contribution in [0.4, 0.5) is 5.69 Å². The highest BCUT2D eigenvalue weighted by atomic mass is 79.9. The lowest BCUT2D eigenvalue weighted by molar-refractivity contribution is -0.140. The van der Waals surface area contributed by atoms with Gasteiger partial charge in [0.25, 0.3) is 0 Å². The van der Waals surface area contributed by atoms with E-state index in [4.69, 9.17) is 9.79 Å². The second-order valence-corrected chi connectivity index (χ2v) is 6.40. The van der Waals surface area contributed by atoms with Crippen molar-refractivity contribution in [3.8, 4) is 0 Å². The molecule has 0 aliphatic carbocycles. The van der Waals surface area contributed by atoms with Gasteiger partial charge in [0.1, 0.15) is 0 Å². The summed E-state index contributed by atoms with van der Waals surface area (Å²) in [5, 5.41) is 12.9. The van der Waals surface area contributed by atoms with Gasteiger partial charge in [0.15, 0.2) is 0 Å². The number of aliphatic hydroxyl groups is 1. The number of anilines is 1. The number of phosphoric acid groups is 1. The van der Waals surface area contributed by atoms with Gasteiger partial charge in [-0.3, -0.25) is 0 Å². The van der Waals surface area contributed by atoms with Gasteiger partial charge in [-0.15, -0.1) is 0 Å². The number of halogens is 2. The van der Waals surface area contributed by atoms with Crippen molar-refractivity contribution in [3.05, 3.63) is 26.6 Å². The van der Waals surface area contributed by atoms with Crippen LogP contribution < -0.4 is 5.32 Å². The van der Waals surface area contributed by atoms with Crippen molar-refractivity contribution in [2.24, 2.45) is 0 Å². The van der Waals surface area contributed by atoms with Crippen molar-refractivity contribution >= 4 is 45.4 Å². The molecule has 0 radical (unpaired) electrons. The molecule has 17 heavy (non-hydrogen) atoms. The molecule has 9 heteroatoms. The fourth-order valence-corrected chi connectivity index (χ4v) is 2.85. The van der Waals surface area contributed by atoms with Gasteiger partial charge in [-0.05, 0) is 44.0 Å². The number of β-amino-alcohol motifs (C(OH)–C–C–N with tert-alkyl or cyclic N) is 1. The maximum absolute atomic E-state index is 10.8. The molecule has 1 aliphatic rings. The average Bonchev–Trinajstić information content (AvgIpc) is 2.43. The maximum atomic E-state index is 10.8. The Bertz CT molecular complexity index is 519. The van der Waals surface area contributed by atoms with Crippen LogP contribution in [0.3, 0.4) is 0 Å². The molecule has 1 aromatic carbocycles. The molecule has 0 bridgehead atoms. The van der Waals surface area contributed by atoms with Crippen molar-refractivity contribution in [1.82, 2.24) is 0 Å². The largest absolute Gasteiger partial charge is 0.472 e. The van der Waals surface area contributed by atoms with Crippen LogP contribution in [-0.2, 0) is 14.9 Å². The van der Waals surface area contributed by atoms with Crippen LogP contribution in [0.2, 0.25) is 0 Å². The average molecular weight is 389 g/mol. The standard InChI is InChI=1S/C8H8Br2NO5P/c9-5-1-4-7(2-6(5)10)11-3-8(4,12)16-17(13,14)15/h1-2,11-12H,3H2,(H2,13,14,15). The third kappa shape index (κ3) is 2.73. The van der Waals surface area contributed by atoms with Gasteiger partial charge < -0.3 is 20.2 Å². The van der Waals surface area contributed by atoms with E-state index >= 15 is 0 Å². The maximum Gasteiger partial charge on any atom is 0.472 e. The zero-order valence-electron chi connectivity index (χ0n) is 8.22. The molecular weight excluding hydrogens is 381 g/mol. The minimum Gasteiger partial charge on any atom is -0.379 e. The summed E-state index contributed by atoms with van der Waals surface area (Å²) in [4.78, 5) is 17.5. The van der Waals surface area contributed by atoms with E-state index in [1.165, 1.54) is 6.07 Å². The van der Waals surface area contributed by atoms with Crippen LogP contribution in [0, 0.1) is 0 Å². The Kier molecular flexibility index (Phi) is 3.42. The highest BCUT2D eigenvalue weighted by Crippen LogP contribution is 2.49. The van der Waals surface area contributed by atoms with Gasteiger partial charge in [-0.1, -0.05) is 0 Å². The molecule has 0 aromatic heterocycles. The van der Waals surface area contributed by atoms with Gasteiger partial charge in [-0.25, -0.2) is 9.09 Å². The molecule has 0 fully saturated rings. The first-order valence-electron chi connectivity index (χ1n) is 4.43. The summed E-state index contributed by atoms with van der Waals surface area (Å²) in [6, 6.07) is 3.22. The number of hydrogen-bond acceptors (Lipinski definition) is 4. The molecule has 6 nitrogen and oxygen atoms in total. The third-order valence-electron chi connectivity index (χ3n) is 2.27. The Hall–Kier alpha value is 0.0500. The molecule has 0 spiro atoms. The van der Waals surface area contributed by atoms with Crippen LogP contribution in [0.5, 0.6) is 0 Å². The number of phosphoric ester groups is 1. The summed E-state index contributed by atoms with van der Waals surface area (Å²) in [7, 11) is -4.78. The molecular formula is C8H8Br2NO5P. The minimum atomic E-state index is -4.78. The van der Waals surface area contributed by atoms with Crippen LogP contribution >= 0.6 is 39.7 Å². The SMILES string of the molecule is O=P(O)(O)OC1(O)CNc2cc(Br)c(Br)cc21. The van der Waals surface area contributed by atoms with Gasteiger partial charge >= 0.3 is 7.82 Å². The van der Waals surface area contributed by atoms with Gasteiger partial charge in [0.05, 0.1) is 6.54 Å². The predicted molar refractivity (Wildman–Crippen MR) is 67.4 cm³/mol. The highest BCUT2D eigenvalue weighted by molar-refractivity contribution is 9.13. The van der Waals surface area contributed by atoms with Gasteiger partial charge in [0, 0.05) is 20.2 Å². The van der Waals surface area contributed by atoms with Crippen LogP contribution in [0.15, 0.2) is 21.1 Å². The van der Waals surface area contributed by atoms with Gasteiger partial charge in [0.2, 0.25) is 5.79 Å². The summed E-state index contributed by atoms with van der Waals surface area (Å²) < 4.78 is 16.6. The molecule has 1 atom stereocenters. The Balaban J connectivity index is 2.46. The van der Waals surface area contributed by atoms with Crippen molar-refractivity contribution in [1.29, 1.82) is 0 Å². The number of benzene rings is 1. The summed E-state index contributed by atoms with van der Waals surface area (Å²) >= 11 is 6.53. The molecule has 94 valence electrons. The Morgan fingerprint density at radius 3 is 2.53 bits per heavy atom. The second kappa shape index (κ2) is 4.31. The van der Waals surface area contributed by atoms with E-state index in [1.807, 2.05) is 0 Å². The highest BCUT2D eigenvalue weighted by Gasteiger charge is 2.43. The minimum absolute atomic E-state index is 0.129. The number of fused-ring (bicyclic) bond motifs is 1. The van der Waals surface area contributed by atoms with E-state index in [0.29, 0.717) is 10.2 Å². The van der Waals surface area contributed by atoms with E-state index in [1.54, 1.807) is 6.07 Å². The van der Waals surface area contributed by atoms with E-state index in [-0.39, 0.29) is 12.1 Å². The number of rotatable bonds is 2. The zero-order chi connectivity index (χ0) is 12.8. The van der Waals surface area contributed by atoms with E-state index in [2.05, 4.69) is 41.7 Å². The molecule has 4 N–H and O–H groups in total. The Morgan fingerprint density at radius 1 is 1.35 bits per heavy atom. The normalized spacial score (nSPS) is 23.4. The quantitative estimate of drug-likeness (QED) is 0.456. The number of hydrogen-bond donors (Lipinski definition) is 4. The summed E-state index contributed by atoms with van der Waals surface area (Å²) in [5.74, 6) is -2.03. The molecule has 0 saturated carbocycles. The molecule has 1 heterocycles. The Labute approximate surface area is 113 Å². The van der Waals surface area contributed by atoms with E-state index in [9.17, 15) is 9.67 Å². The van der Waals surface area contributed by atoms with Crippen molar-refractivity contribution in [3.63, 3.8) is 0 Å². The first-order chi connectivity index (χ1) is 7.71. The number of nitrogens with one attached hydrogen (secondary N) is 1. The fourth-order valence-electron chi connectivity index (χ4n) is 1.60.